The van der Waals surface area contributed by atoms with E-state index < -0.39 is 10.0 Å². The summed E-state index contributed by atoms with van der Waals surface area (Å²) >= 11 is 1.21. The van der Waals surface area contributed by atoms with Gasteiger partial charge in [0.25, 0.3) is 5.91 Å². The number of nitrogens with one attached hydrogen (secondary N) is 1. The van der Waals surface area contributed by atoms with Crippen molar-refractivity contribution in [2.45, 2.75) is 56.9 Å². The van der Waals surface area contributed by atoms with Gasteiger partial charge < -0.3 is 10.2 Å². The molecule has 1 amide bonds. The van der Waals surface area contributed by atoms with Gasteiger partial charge in [-0.3, -0.25) is 4.79 Å². The van der Waals surface area contributed by atoms with Gasteiger partial charge in [-0.25, -0.2) is 8.42 Å². The number of anilines is 1. The predicted octanol–water partition coefficient (Wildman–Crippen LogP) is 3.94. The van der Waals surface area contributed by atoms with Gasteiger partial charge in [0.05, 0.1) is 0 Å². The summed E-state index contributed by atoms with van der Waals surface area (Å²) in [6.07, 6.45) is 5.38. The van der Waals surface area contributed by atoms with Crippen LogP contribution in [0.3, 0.4) is 0 Å². The van der Waals surface area contributed by atoms with E-state index in [1.807, 2.05) is 0 Å². The highest BCUT2D eigenvalue weighted by Gasteiger charge is 2.33. The number of carbonyl (C=O) groups excluding carboxylic acids is 1. The zero-order chi connectivity index (χ0) is 22.0. The number of hydrogen-bond donors (Lipinski definition) is 1. The third-order valence-corrected chi connectivity index (χ3v) is 9.32. The van der Waals surface area contributed by atoms with Gasteiger partial charge in [-0.15, -0.1) is 11.3 Å². The molecule has 8 heteroatoms. The van der Waals surface area contributed by atoms with E-state index in [9.17, 15) is 13.2 Å². The molecule has 2 fully saturated rings. The molecule has 168 valence electrons. The van der Waals surface area contributed by atoms with Crippen molar-refractivity contribution in [1.82, 2.24) is 9.62 Å². The minimum Gasteiger partial charge on any atom is -0.369 e. The first kappa shape index (κ1) is 22.3. The van der Waals surface area contributed by atoms with Crippen LogP contribution in [0.4, 0.5) is 5.69 Å². The molecule has 1 saturated heterocycles. The Morgan fingerprint density at radius 1 is 1.03 bits per heavy atom. The molecule has 1 saturated carbocycles. The highest BCUT2D eigenvalue weighted by atomic mass is 32.2. The lowest BCUT2D eigenvalue weighted by Gasteiger charge is -2.36. The summed E-state index contributed by atoms with van der Waals surface area (Å²) in [5.41, 5.74) is 3.56. The number of hydrogen-bond acceptors (Lipinski definition) is 5. The van der Waals surface area contributed by atoms with Crippen LogP contribution >= 0.6 is 11.3 Å². The molecular formula is C23H31N3O3S2. The lowest BCUT2D eigenvalue weighted by Crippen LogP contribution is -2.49. The van der Waals surface area contributed by atoms with Gasteiger partial charge >= 0.3 is 0 Å². The van der Waals surface area contributed by atoms with E-state index in [1.54, 1.807) is 11.4 Å². The van der Waals surface area contributed by atoms with Gasteiger partial charge in [0, 0.05) is 37.9 Å². The van der Waals surface area contributed by atoms with Crippen molar-refractivity contribution in [3.8, 4) is 0 Å². The third-order valence-electron chi connectivity index (χ3n) is 6.34. The Morgan fingerprint density at radius 2 is 1.74 bits per heavy atom. The number of rotatable bonds is 5. The molecule has 2 aromatic rings. The van der Waals surface area contributed by atoms with E-state index in [2.05, 4.69) is 42.3 Å². The molecule has 0 radical (unpaired) electrons. The molecule has 31 heavy (non-hydrogen) atoms. The molecule has 1 aromatic carbocycles. The number of thiophene rings is 1. The normalized spacial score (nSPS) is 18.8. The monoisotopic (exact) mass is 461 g/mol. The van der Waals surface area contributed by atoms with Crippen LogP contribution in [-0.2, 0) is 10.0 Å². The summed E-state index contributed by atoms with van der Waals surface area (Å²) < 4.78 is 28.3. The number of nitrogens with zero attached hydrogens (tertiary/aromatic N) is 2. The maximum Gasteiger partial charge on any atom is 0.262 e. The van der Waals surface area contributed by atoms with E-state index in [0.29, 0.717) is 31.1 Å². The minimum absolute atomic E-state index is 0.144. The topological polar surface area (TPSA) is 69.7 Å². The van der Waals surface area contributed by atoms with Crippen molar-refractivity contribution >= 4 is 33.0 Å². The standard InChI is InChI=1S/C23H31N3O3S2/c1-17-8-9-18(2)20(16-17)25-11-13-26(14-12-25)31(28,29)21-10-15-30-22(21)23(27)24-19-6-4-3-5-7-19/h8-10,15-16,19H,3-7,11-14H2,1-2H3,(H,24,27). The number of carbonyl (C=O) groups is 1. The average molecular weight is 462 g/mol. The second-order valence-corrected chi connectivity index (χ2v) is 11.4. The van der Waals surface area contributed by atoms with E-state index in [4.69, 9.17) is 0 Å². The van der Waals surface area contributed by atoms with E-state index in [-0.39, 0.29) is 16.8 Å². The van der Waals surface area contributed by atoms with E-state index in [0.717, 1.165) is 25.7 Å². The molecule has 0 spiro atoms. The van der Waals surface area contributed by atoms with Gasteiger partial charge in [-0.05, 0) is 55.3 Å². The number of piperazine rings is 1. The van der Waals surface area contributed by atoms with Gasteiger partial charge in [-0.1, -0.05) is 31.4 Å². The number of amides is 1. The number of sulfonamides is 1. The molecule has 1 aliphatic heterocycles. The zero-order valence-electron chi connectivity index (χ0n) is 18.3. The van der Waals surface area contributed by atoms with Crippen LogP contribution in [-0.4, -0.2) is 50.9 Å². The van der Waals surface area contributed by atoms with Crippen LogP contribution in [0.25, 0.3) is 0 Å². The van der Waals surface area contributed by atoms with Crippen molar-refractivity contribution in [3.63, 3.8) is 0 Å². The quantitative estimate of drug-likeness (QED) is 0.732. The molecule has 1 aromatic heterocycles. The summed E-state index contributed by atoms with van der Waals surface area (Å²) in [5, 5.41) is 4.76. The molecule has 4 rings (SSSR count). The molecular weight excluding hydrogens is 430 g/mol. The zero-order valence-corrected chi connectivity index (χ0v) is 19.9. The number of aryl methyl sites for hydroxylation is 2. The first-order valence-corrected chi connectivity index (χ1v) is 13.4. The van der Waals surface area contributed by atoms with Crippen molar-refractivity contribution in [3.05, 3.63) is 45.6 Å². The smallest absolute Gasteiger partial charge is 0.262 e. The first-order chi connectivity index (χ1) is 14.9. The lowest BCUT2D eigenvalue weighted by molar-refractivity contribution is 0.0928. The summed E-state index contributed by atoms with van der Waals surface area (Å²) in [7, 11) is -3.70. The largest absolute Gasteiger partial charge is 0.369 e. The average Bonchev–Trinajstić information content (AvgIpc) is 3.27. The fraction of sp³-hybridized carbons (Fsp3) is 0.522. The van der Waals surface area contributed by atoms with Crippen LogP contribution in [0, 0.1) is 13.8 Å². The SMILES string of the molecule is Cc1ccc(C)c(N2CCN(S(=O)(=O)c3ccsc3C(=O)NC3CCCCC3)CC2)c1. The van der Waals surface area contributed by atoms with Crippen LogP contribution in [0.2, 0.25) is 0 Å². The fourth-order valence-electron chi connectivity index (χ4n) is 4.53. The third kappa shape index (κ3) is 4.81. The molecule has 0 bridgehead atoms. The Labute approximate surface area is 189 Å². The van der Waals surface area contributed by atoms with Gasteiger partial charge in [0.15, 0.2) is 0 Å². The van der Waals surface area contributed by atoms with Crippen LogP contribution in [0.5, 0.6) is 0 Å². The summed E-state index contributed by atoms with van der Waals surface area (Å²) in [5.74, 6) is -0.255. The molecule has 0 unspecified atom stereocenters. The molecule has 0 atom stereocenters. The highest BCUT2D eigenvalue weighted by molar-refractivity contribution is 7.89. The van der Waals surface area contributed by atoms with E-state index in [1.165, 1.54) is 38.9 Å². The van der Waals surface area contributed by atoms with Crippen molar-refractivity contribution in [2.75, 3.05) is 31.1 Å². The van der Waals surface area contributed by atoms with Gasteiger partial charge in [-0.2, -0.15) is 4.31 Å². The minimum atomic E-state index is -3.70. The molecule has 2 heterocycles. The molecule has 6 nitrogen and oxygen atoms in total. The lowest BCUT2D eigenvalue weighted by atomic mass is 9.95. The second kappa shape index (κ2) is 9.30. The molecule has 1 aliphatic carbocycles. The second-order valence-electron chi connectivity index (χ2n) is 8.60. The molecule has 2 aliphatic rings. The Morgan fingerprint density at radius 3 is 2.45 bits per heavy atom. The van der Waals surface area contributed by atoms with Crippen molar-refractivity contribution in [1.29, 1.82) is 0 Å². The fourth-order valence-corrected chi connectivity index (χ4v) is 7.26. The maximum absolute atomic E-state index is 13.4. The van der Waals surface area contributed by atoms with Gasteiger partial charge in [0.1, 0.15) is 9.77 Å². The summed E-state index contributed by atoms with van der Waals surface area (Å²) in [4.78, 5) is 15.5. The highest BCUT2D eigenvalue weighted by Crippen LogP contribution is 2.29. The Kier molecular flexibility index (Phi) is 6.69. The van der Waals surface area contributed by atoms with Crippen molar-refractivity contribution < 1.29 is 13.2 Å². The predicted molar refractivity (Wildman–Crippen MR) is 126 cm³/mol. The number of benzene rings is 1. The summed E-state index contributed by atoms with van der Waals surface area (Å²) in [6.45, 7) is 6.25. The Hall–Kier alpha value is -1.90. The molecule has 1 N–H and O–H groups in total. The Balaban J connectivity index is 1.46. The van der Waals surface area contributed by atoms with E-state index >= 15 is 0 Å². The first-order valence-electron chi connectivity index (χ1n) is 11.1. The van der Waals surface area contributed by atoms with Gasteiger partial charge in [0.2, 0.25) is 10.0 Å². The van der Waals surface area contributed by atoms with Crippen LogP contribution < -0.4 is 10.2 Å². The summed E-state index contributed by atoms with van der Waals surface area (Å²) in [6, 6.07) is 8.09. The maximum atomic E-state index is 13.4. The van der Waals surface area contributed by atoms with Crippen LogP contribution in [0.15, 0.2) is 34.5 Å². The van der Waals surface area contributed by atoms with Crippen LogP contribution in [0.1, 0.15) is 52.9 Å². The Bertz CT molecular complexity index is 1030. The van der Waals surface area contributed by atoms with Crippen molar-refractivity contribution in [2.24, 2.45) is 0 Å².